The first kappa shape index (κ1) is 14.4. The molecule has 1 saturated heterocycles. The Morgan fingerprint density at radius 3 is 2.47 bits per heavy atom. The molecule has 0 spiro atoms. The van der Waals surface area contributed by atoms with Gasteiger partial charge in [0.25, 0.3) is 0 Å². The number of carbonyl (C=O) groups is 1. The maximum atomic E-state index is 12.6. The Bertz CT molecular complexity index is 444. The first-order chi connectivity index (χ1) is 8.99. The summed E-state index contributed by atoms with van der Waals surface area (Å²) in [7, 11) is 0. The van der Waals surface area contributed by atoms with E-state index in [2.05, 4.69) is 0 Å². The molecule has 104 valence electrons. The minimum Gasteiger partial charge on any atom is -0.391 e. The molecule has 2 atom stereocenters. The van der Waals surface area contributed by atoms with Gasteiger partial charge in [-0.25, -0.2) is 0 Å². The Morgan fingerprint density at radius 2 is 2.00 bits per heavy atom. The molecule has 0 saturated carbocycles. The van der Waals surface area contributed by atoms with Crippen LogP contribution in [0.3, 0.4) is 0 Å². The minimum atomic E-state index is -0.373. The zero-order chi connectivity index (χ0) is 14.0. The predicted octanol–water partition coefficient (Wildman–Crippen LogP) is 2.67. The molecule has 1 fully saturated rings. The van der Waals surface area contributed by atoms with Crippen LogP contribution in [0.1, 0.15) is 31.7 Å². The number of likely N-dealkylation sites (tertiary alicyclic amines) is 1. The highest BCUT2D eigenvalue weighted by Crippen LogP contribution is 2.29. The topological polar surface area (TPSA) is 40.5 Å². The van der Waals surface area contributed by atoms with Gasteiger partial charge in [-0.1, -0.05) is 37.6 Å². The van der Waals surface area contributed by atoms with Crippen LogP contribution in [0.2, 0.25) is 5.02 Å². The summed E-state index contributed by atoms with van der Waals surface area (Å²) >= 11 is 5.89. The van der Waals surface area contributed by atoms with Crippen LogP contribution in [0.15, 0.2) is 24.3 Å². The summed E-state index contributed by atoms with van der Waals surface area (Å²) in [5.74, 6) is 0.155. The Labute approximate surface area is 119 Å². The molecule has 1 aliphatic rings. The van der Waals surface area contributed by atoms with Gasteiger partial charge in [0.1, 0.15) is 0 Å². The van der Waals surface area contributed by atoms with E-state index in [0.29, 0.717) is 24.5 Å². The summed E-state index contributed by atoms with van der Waals surface area (Å²) in [5.41, 5.74) is 0.991. The molecule has 2 rings (SSSR count). The number of amides is 1. The van der Waals surface area contributed by atoms with Crippen molar-refractivity contribution in [3.8, 4) is 0 Å². The summed E-state index contributed by atoms with van der Waals surface area (Å²) < 4.78 is 0. The zero-order valence-corrected chi connectivity index (χ0v) is 12.1. The molecule has 0 radical (unpaired) electrons. The number of halogens is 1. The summed E-state index contributed by atoms with van der Waals surface area (Å²) in [6.45, 7) is 5.19. The third-order valence-electron chi connectivity index (χ3n) is 3.64. The normalized spacial score (nSPS) is 20.9. The summed E-state index contributed by atoms with van der Waals surface area (Å²) in [5, 5.41) is 10.2. The van der Waals surface area contributed by atoms with Gasteiger partial charge in [0.2, 0.25) is 5.91 Å². The maximum absolute atomic E-state index is 12.6. The van der Waals surface area contributed by atoms with Crippen molar-refractivity contribution in [2.45, 2.75) is 32.3 Å². The van der Waals surface area contributed by atoms with Gasteiger partial charge >= 0.3 is 0 Å². The van der Waals surface area contributed by atoms with Crippen molar-refractivity contribution in [3.63, 3.8) is 0 Å². The van der Waals surface area contributed by atoms with E-state index in [9.17, 15) is 9.90 Å². The first-order valence-corrected chi connectivity index (χ1v) is 7.09. The Balaban J connectivity index is 2.20. The lowest BCUT2D eigenvalue weighted by Gasteiger charge is -2.26. The van der Waals surface area contributed by atoms with Gasteiger partial charge in [-0.15, -0.1) is 0 Å². The highest BCUT2D eigenvalue weighted by molar-refractivity contribution is 6.30. The SMILES string of the molecule is CC(C)C(C(=O)N1CC[C@H](O)C1)c1ccc(Cl)cc1. The van der Waals surface area contributed by atoms with Gasteiger partial charge in [0.15, 0.2) is 0 Å². The molecular weight excluding hydrogens is 262 g/mol. The fraction of sp³-hybridized carbons (Fsp3) is 0.533. The molecule has 1 amide bonds. The van der Waals surface area contributed by atoms with E-state index in [-0.39, 0.29) is 23.8 Å². The second-order valence-corrected chi connectivity index (χ2v) is 5.94. The summed E-state index contributed by atoms with van der Waals surface area (Å²) in [6, 6.07) is 7.46. The molecule has 0 aliphatic carbocycles. The molecule has 0 aromatic heterocycles. The average Bonchev–Trinajstić information content (AvgIpc) is 2.78. The van der Waals surface area contributed by atoms with Crippen molar-refractivity contribution in [2.75, 3.05) is 13.1 Å². The predicted molar refractivity (Wildman–Crippen MR) is 76.2 cm³/mol. The highest BCUT2D eigenvalue weighted by Gasteiger charge is 2.32. The summed E-state index contributed by atoms with van der Waals surface area (Å²) in [6.07, 6.45) is 0.305. The molecular formula is C15H20ClNO2. The lowest BCUT2D eigenvalue weighted by atomic mass is 9.87. The van der Waals surface area contributed by atoms with Crippen LogP contribution in [-0.2, 0) is 4.79 Å². The van der Waals surface area contributed by atoms with Crippen LogP contribution in [0.5, 0.6) is 0 Å². The van der Waals surface area contributed by atoms with E-state index >= 15 is 0 Å². The second kappa shape index (κ2) is 5.93. The number of β-amino-alcohol motifs (C(OH)–C–C–N with tert-alkyl or cyclic N) is 1. The van der Waals surface area contributed by atoms with E-state index in [1.54, 1.807) is 4.90 Å². The average molecular weight is 282 g/mol. The lowest BCUT2D eigenvalue weighted by molar-refractivity contribution is -0.133. The molecule has 1 aliphatic heterocycles. The van der Waals surface area contributed by atoms with Crippen LogP contribution in [0.25, 0.3) is 0 Å². The van der Waals surface area contributed by atoms with Crippen LogP contribution in [0.4, 0.5) is 0 Å². The van der Waals surface area contributed by atoms with E-state index < -0.39 is 0 Å². The van der Waals surface area contributed by atoms with E-state index in [0.717, 1.165) is 5.56 Å². The van der Waals surface area contributed by atoms with E-state index in [4.69, 9.17) is 11.6 Å². The number of benzene rings is 1. The smallest absolute Gasteiger partial charge is 0.230 e. The summed E-state index contributed by atoms with van der Waals surface area (Å²) in [4.78, 5) is 14.4. The Hall–Kier alpha value is -1.06. The van der Waals surface area contributed by atoms with Crippen LogP contribution >= 0.6 is 11.6 Å². The van der Waals surface area contributed by atoms with E-state index in [1.807, 2.05) is 38.1 Å². The van der Waals surface area contributed by atoms with Crippen molar-refractivity contribution in [2.24, 2.45) is 5.92 Å². The third-order valence-corrected chi connectivity index (χ3v) is 3.89. The van der Waals surface area contributed by atoms with Gasteiger partial charge in [0.05, 0.1) is 12.0 Å². The molecule has 1 N–H and O–H groups in total. The lowest BCUT2D eigenvalue weighted by Crippen LogP contribution is -2.36. The van der Waals surface area contributed by atoms with Gasteiger partial charge < -0.3 is 10.0 Å². The number of rotatable bonds is 3. The molecule has 0 bridgehead atoms. The second-order valence-electron chi connectivity index (χ2n) is 5.50. The number of hydrogen-bond donors (Lipinski definition) is 1. The van der Waals surface area contributed by atoms with Gasteiger partial charge in [-0.2, -0.15) is 0 Å². The molecule has 3 nitrogen and oxygen atoms in total. The first-order valence-electron chi connectivity index (χ1n) is 6.71. The van der Waals surface area contributed by atoms with Gasteiger partial charge in [-0.3, -0.25) is 4.79 Å². The van der Waals surface area contributed by atoms with Gasteiger partial charge in [-0.05, 0) is 30.0 Å². The monoisotopic (exact) mass is 281 g/mol. The van der Waals surface area contributed by atoms with Crippen molar-refractivity contribution >= 4 is 17.5 Å². The Morgan fingerprint density at radius 1 is 1.37 bits per heavy atom. The molecule has 4 heteroatoms. The molecule has 1 heterocycles. The van der Waals surface area contributed by atoms with Crippen molar-refractivity contribution < 1.29 is 9.90 Å². The maximum Gasteiger partial charge on any atom is 0.230 e. The zero-order valence-electron chi connectivity index (χ0n) is 11.3. The molecule has 1 unspecified atom stereocenters. The fourth-order valence-electron chi connectivity index (χ4n) is 2.62. The van der Waals surface area contributed by atoms with Crippen LogP contribution < -0.4 is 0 Å². The number of nitrogens with zero attached hydrogens (tertiary/aromatic N) is 1. The molecule has 1 aromatic carbocycles. The van der Waals surface area contributed by atoms with Crippen molar-refractivity contribution in [3.05, 3.63) is 34.9 Å². The Kier molecular flexibility index (Phi) is 4.48. The van der Waals surface area contributed by atoms with Crippen molar-refractivity contribution in [1.82, 2.24) is 4.90 Å². The quantitative estimate of drug-likeness (QED) is 0.925. The standard InChI is InChI=1S/C15H20ClNO2/c1-10(2)14(11-3-5-12(16)6-4-11)15(19)17-8-7-13(18)9-17/h3-6,10,13-14,18H,7-9H2,1-2H3/t13-,14?/m0/s1. The number of hydrogen-bond acceptors (Lipinski definition) is 2. The third kappa shape index (κ3) is 3.28. The van der Waals surface area contributed by atoms with E-state index in [1.165, 1.54) is 0 Å². The molecule has 19 heavy (non-hydrogen) atoms. The van der Waals surface area contributed by atoms with Crippen LogP contribution in [-0.4, -0.2) is 35.1 Å². The number of aliphatic hydroxyl groups is 1. The fourth-order valence-corrected chi connectivity index (χ4v) is 2.75. The van der Waals surface area contributed by atoms with Crippen molar-refractivity contribution in [1.29, 1.82) is 0 Å². The number of carbonyl (C=O) groups excluding carboxylic acids is 1. The highest BCUT2D eigenvalue weighted by atomic mass is 35.5. The largest absolute Gasteiger partial charge is 0.391 e. The van der Waals surface area contributed by atoms with Crippen LogP contribution in [0, 0.1) is 5.92 Å². The minimum absolute atomic E-state index is 0.105. The van der Waals surface area contributed by atoms with Gasteiger partial charge in [0, 0.05) is 18.1 Å². The number of aliphatic hydroxyl groups excluding tert-OH is 1. The molecule has 1 aromatic rings.